The van der Waals surface area contributed by atoms with Gasteiger partial charge in [-0.2, -0.15) is 5.10 Å². The van der Waals surface area contributed by atoms with Crippen molar-refractivity contribution in [3.63, 3.8) is 0 Å². The van der Waals surface area contributed by atoms with Crippen LogP contribution >= 0.6 is 0 Å². The third kappa shape index (κ3) is 6.15. The molecule has 0 saturated carbocycles. The average Bonchev–Trinajstić information content (AvgIpc) is 3.25. The summed E-state index contributed by atoms with van der Waals surface area (Å²) in [5.74, 6) is -0.599. The van der Waals surface area contributed by atoms with Crippen LogP contribution in [0.4, 0.5) is 10.5 Å². The first-order valence-electron chi connectivity index (χ1n) is 11.9. The summed E-state index contributed by atoms with van der Waals surface area (Å²) in [6.45, 7) is 10.5. The van der Waals surface area contributed by atoms with E-state index in [9.17, 15) is 14.4 Å². The van der Waals surface area contributed by atoms with Crippen molar-refractivity contribution < 1.29 is 19.1 Å². The molecule has 0 spiro atoms. The number of amides is 3. The summed E-state index contributed by atoms with van der Waals surface area (Å²) < 4.78 is 5.42. The zero-order valence-electron chi connectivity index (χ0n) is 20.7. The van der Waals surface area contributed by atoms with Gasteiger partial charge in [0.2, 0.25) is 0 Å². The van der Waals surface area contributed by atoms with Gasteiger partial charge in [-0.3, -0.25) is 14.7 Å². The lowest BCUT2D eigenvalue weighted by Gasteiger charge is -2.33. The van der Waals surface area contributed by atoms with Gasteiger partial charge in [0.25, 0.3) is 11.8 Å². The first-order valence-corrected chi connectivity index (χ1v) is 11.9. The SMILES string of the molecule is CCc1cccc(CC)c1C(=O)Nc1cn[nH]c1C(=O)NC1CCN(C(=O)OC(C)(C)C)CC1. The number of aryl methyl sites for hydroxylation is 2. The van der Waals surface area contributed by atoms with E-state index in [1.165, 1.54) is 6.20 Å². The number of piperidine rings is 1. The lowest BCUT2D eigenvalue weighted by molar-refractivity contribution is 0.0199. The van der Waals surface area contributed by atoms with Gasteiger partial charge in [-0.25, -0.2) is 4.79 Å². The Kier molecular flexibility index (Phi) is 7.96. The van der Waals surface area contributed by atoms with E-state index in [2.05, 4.69) is 20.8 Å². The van der Waals surface area contributed by atoms with E-state index in [1.54, 1.807) is 4.90 Å². The Hall–Kier alpha value is -3.36. The number of rotatable bonds is 6. The summed E-state index contributed by atoms with van der Waals surface area (Å²) in [7, 11) is 0. The number of nitrogens with one attached hydrogen (secondary N) is 3. The van der Waals surface area contributed by atoms with Crippen LogP contribution in [0, 0.1) is 0 Å². The van der Waals surface area contributed by atoms with Gasteiger partial charge in [0.15, 0.2) is 0 Å². The molecular formula is C25H35N5O4. The second kappa shape index (κ2) is 10.7. The fraction of sp³-hybridized carbons (Fsp3) is 0.520. The van der Waals surface area contributed by atoms with E-state index in [-0.39, 0.29) is 29.6 Å². The topological polar surface area (TPSA) is 116 Å². The fourth-order valence-electron chi connectivity index (χ4n) is 4.06. The van der Waals surface area contributed by atoms with Crippen LogP contribution in [0.2, 0.25) is 0 Å². The van der Waals surface area contributed by atoms with E-state index in [0.717, 1.165) is 24.0 Å². The van der Waals surface area contributed by atoms with E-state index in [1.807, 2.05) is 52.8 Å². The molecule has 0 bridgehead atoms. The van der Waals surface area contributed by atoms with Crippen molar-refractivity contribution in [2.75, 3.05) is 18.4 Å². The molecule has 1 aliphatic heterocycles. The molecule has 9 heteroatoms. The minimum atomic E-state index is -0.543. The molecule has 34 heavy (non-hydrogen) atoms. The van der Waals surface area contributed by atoms with Crippen LogP contribution in [0.3, 0.4) is 0 Å². The van der Waals surface area contributed by atoms with Crippen LogP contribution in [-0.4, -0.2) is 57.7 Å². The molecule has 184 valence electrons. The Balaban J connectivity index is 1.62. The van der Waals surface area contributed by atoms with E-state index < -0.39 is 5.60 Å². The number of hydrogen-bond donors (Lipinski definition) is 3. The molecule has 3 N–H and O–H groups in total. The third-order valence-corrected chi connectivity index (χ3v) is 5.82. The van der Waals surface area contributed by atoms with Crippen molar-refractivity contribution in [1.29, 1.82) is 0 Å². The Morgan fingerprint density at radius 3 is 2.26 bits per heavy atom. The van der Waals surface area contributed by atoms with Crippen LogP contribution in [0.25, 0.3) is 0 Å². The second-order valence-electron chi connectivity index (χ2n) is 9.49. The number of anilines is 1. The minimum absolute atomic E-state index is 0.0921. The molecule has 1 fully saturated rings. The quantitative estimate of drug-likeness (QED) is 0.593. The Labute approximate surface area is 200 Å². The van der Waals surface area contributed by atoms with Crippen LogP contribution < -0.4 is 10.6 Å². The van der Waals surface area contributed by atoms with E-state index in [0.29, 0.717) is 37.2 Å². The number of ether oxygens (including phenoxy) is 1. The second-order valence-corrected chi connectivity index (χ2v) is 9.49. The Morgan fingerprint density at radius 2 is 1.71 bits per heavy atom. The minimum Gasteiger partial charge on any atom is -0.444 e. The molecule has 1 saturated heterocycles. The summed E-state index contributed by atoms with van der Waals surface area (Å²) in [5.41, 5.74) is 2.57. The molecule has 0 atom stereocenters. The predicted octanol–water partition coefficient (Wildman–Crippen LogP) is 3.92. The molecule has 0 radical (unpaired) electrons. The first-order chi connectivity index (χ1) is 16.1. The fourth-order valence-corrected chi connectivity index (χ4v) is 4.06. The van der Waals surface area contributed by atoms with Crippen LogP contribution in [0.1, 0.15) is 79.4 Å². The third-order valence-electron chi connectivity index (χ3n) is 5.82. The highest BCUT2D eigenvalue weighted by molar-refractivity contribution is 6.09. The maximum absolute atomic E-state index is 13.1. The summed E-state index contributed by atoms with van der Waals surface area (Å²) >= 11 is 0. The van der Waals surface area contributed by atoms with Gasteiger partial charge in [0.05, 0.1) is 11.9 Å². The number of aromatic amines is 1. The lowest BCUT2D eigenvalue weighted by atomic mass is 9.97. The maximum Gasteiger partial charge on any atom is 0.410 e. The molecule has 0 aliphatic carbocycles. The highest BCUT2D eigenvalue weighted by Crippen LogP contribution is 2.21. The first kappa shape index (κ1) is 25.3. The number of aromatic nitrogens is 2. The highest BCUT2D eigenvalue weighted by atomic mass is 16.6. The molecule has 9 nitrogen and oxygen atoms in total. The predicted molar refractivity (Wildman–Crippen MR) is 130 cm³/mol. The summed E-state index contributed by atoms with van der Waals surface area (Å²) in [4.78, 5) is 39.9. The van der Waals surface area contributed by atoms with E-state index >= 15 is 0 Å². The van der Waals surface area contributed by atoms with Crippen molar-refractivity contribution in [3.05, 3.63) is 46.8 Å². The monoisotopic (exact) mass is 469 g/mol. The van der Waals surface area contributed by atoms with Crippen molar-refractivity contribution in [3.8, 4) is 0 Å². The van der Waals surface area contributed by atoms with Crippen molar-refractivity contribution in [2.45, 2.75) is 71.9 Å². The molecule has 1 aromatic heterocycles. The number of H-pyrrole nitrogens is 1. The zero-order chi connectivity index (χ0) is 24.9. The maximum atomic E-state index is 13.1. The standard InChI is InChI=1S/C25H35N5O4/c1-6-16-9-8-10-17(7-2)20(16)22(31)28-19-15-26-29-21(19)23(32)27-18-11-13-30(14-12-18)24(33)34-25(3,4)5/h8-10,15,18H,6-7,11-14H2,1-5H3,(H,26,29)(H,27,32)(H,28,31). The molecule has 2 heterocycles. The molecular weight excluding hydrogens is 434 g/mol. The van der Waals surface area contributed by atoms with Gasteiger partial charge in [0, 0.05) is 24.7 Å². The Morgan fingerprint density at radius 1 is 1.09 bits per heavy atom. The van der Waals surface area contributed by atoms with Gasteiger partial charge in [-0.1, -0.05) is 32.0 Å². The van der Waals surface area contributed by atoms with Gasteiger partial charge in [-0.15, -0.1) is 0 Å². The van der Waals surface area contributed by atoms with Crippen molar-refractivity contribution >= 4 is 23.6 Å². The largest absolute Gasteiger partial charge is 0.444 e. The highest BCUT2D eigenvalue weighted by Gasteiger charge is 2.28. The number of nitrogens with zero attached hydrogens (tertiary/aromatic N) is 2. The molecule has 3 rings (SSSR count). The lowest BCUT2D eigenvalue weighted by Crippen LogP contribution is -2.47. The molecule has 0 unspecified atom stereocenters. The van der Waals surface area contributed by atoms with Crippen molar-refractivity contribution in [2.24, 2.45) is 0 Å². The van der Waals surface area contributed by atoms with Crippen LogP contribution in [-0.2, 0) is 17.6 Å². The van der Waals surface area contributed by atoms with Crippen LogP contribution in [0.5, 0.6) is 0 Å². The molecule has 1 aromatic carbocycles. The number of benzene rings is 1. The zero-order valence-corrected chi connectivity index (χ0v) is 20.7. The average molecular weight is 470 g/mol. The normalized spacial score (nSPS) is 14.6. The molecule has 1 aliphatic rings. The smallest absolute Gasteiger partial charge is 0.410 e. The van der Waals surface area contributed by atoms with E-state index in [4.69, 9.17) is 4.74 Å². The number of likely N-dealkylation sites (tertiary alicyclic amines) is 1. The van der Waals surface area contributed by atoms with Gasteiger partial charge in [0.1, 0.15) is 11.3 Å². The summed E-state index contributed by atoms with van der Waals surface area (Å²) in [6, 6.07) is 5.76. The molecule has 3 amide bonds. The molecule has 2 aromatic rings. The number of carbonyl (C=O) groups is 3. The summed E-state index contributed by atoms with van der Waals surface area (Å²) in [5, 5.41) is 12.5. The van der Waals surface area contributed by atoms with Gasteiger partial charge < -0.3 is 20.3 Å². The van der Waals surface area contributed by atoms with Gasteiger partial charge >= 0.3 is 6.09 Å². The number of carbonyl (C=O) groups excluding carboxylic acids is 3. The van der Waals surface area contributed by atoms with Crippen LogP contribution in [0.15, 0.2) is 24.4 Å². The number of hydrogen-bond acceptors (Lipinski definition) is 5. The Bertz CT molecular complexity index is 1010. The van der Waals surface area contributed by atoms with Crippen molar-refractivity contribution in [1.82, 2.24) is 20.4 Å². The van der Waals surface area contributed by atoms with Gasteiger partial charge in [-0.05, 0) is 57.6 Å². The summed E-state index contributed by atoms with van der Waals surface area (Å²) in [6.07, 6.45) is 3.80.